The maximum absolute atomic E-state index is 12.8. The molecule has 4 heteroatoms. The molecule has 114 valence electrons. The average molecular weight is 307 g/mol. The molecule has 2 atom stereocenters. The number of hydrogen-bond donors (Lipinski definition) is 1. The fourth-order valence-corrected chi connectivity index (χ4v) is 3.93. The van der Waals surface area contributed by atoms with Gasteiger partial charge in [0.05, 0.1) is 6.04 Å². The summed E-state index contributed by atoms with van der Waals surface area (Å²) in [6, 6.07) is 7.80. The third kappa shape index (κ3) is 2.69. The molecule has 1 amide bonds. The lowest BCUT2D eigenvalue weighted by Gasteiger charge is -2.29. The zero-order valence-electron chi connectivity index (χ0n) is 12.7. The Balaban J connectivity index is 1.69. The molecular weight excluding hydrogens is 284 g/mol. The maximum Gasteiger partial charge on any atom is 0.226 e. The molecule has 21 heavy (non-hydrogen) atoms. The third-order valence-electron chi connectivity index (χ3n) is 5.37. The summed E-state index contributed by atoms with van der Waals surface area (Å²) < 4.78 is 0. The molecule has 0 unspecified atom stereocenters. The van der Waals surface area contributed by atoms with Crippen LogP contribution in [0.5, 0.6) is 0 Å². The molecule has 3 rings (SSSR count). The monoisotopic (exact) mass is 306 g/mol. The number of hydrogen-bond acceptors (Lipinski definition) is 2. The van der Waals surface area contributed by atoms with E-state index in [0.29, 0.717) is 0 Å². The van der Waals surface area contributed by atoms with Crippen molar-refractivity contribution in [3.63, 3.8) is 0 Å². The van der Waals surface area contributed by atoms with Crippen molar-refractivity contribution in [1.82, 2.24) is 10.2 Å². The molecule has 2 aliphatic rings. The standard InChI is InChI=1S/C17H23ClN2O/c1-12(13-5-3-4-6-15(13)18)20(2)16(21)14-11-17(14)7-9-19-10-8-17/h3-6,12,14,19H,7-11H2,1-2H3/t12-,14+/m0/s1. The highest BCUT2D eigenvalue weighted by molar-refractivity contribution is 6.31. The molecule has 0 aromatic heterocycles. The van der Waals surface area contributed by atoms with Crippen molar-refractivity contribution in [3.05, 3.63) is 34.9 Å². The highest BCUT2D eigenvalue weighted by Gasteiger charge is 2.58. The smallest absolute Gasteiger partial charge is 0.226 e. The van der Waals surface area contributed by atoms with Crippen LogP contribution < -0.4 is 5.32 Å². The zero-order chi connectivity index (χ0) is 15.0. The summed E-state index contributed by atoms with van der Waals surface area (Å²) in [4.78, 5) is 14.6. The van der Waals surface area contributed by atoms with Gasteiger partial charge in [0.15, 0.2) is 0 Å². The fraction of sp³-hybridized carbons (Fsp3) is 0.588. The van der Waals surface area contributed by atoms with Crippen LogP contribution in [0.25, 0.3) is 0 Å². The first-order valence-corrected chi connectivity index (χ1v) is 8.15. The second kappa shape index (κ2) is 5.62. The van der Waals surface area contributed by atoms with E-state index in [0.717, 1.165) is 42.9 Å². The summed E-state index contributed by atoms with van der Waals surface area (Å²) in [6.07, 6.45) is 3.34. The summed E-state index contributed by atoms with van der Waals surface area (Å²) in [5, 5.41) is 4.12. The van der Waals surface area contributed by atoms with E-state index < -0.39 is 0 Å². The van der Waals surface area contributed by atoms with E-state index >= 15 is 0 Å². The van der Waals surface area contributed by atoms with Crippen LogP contribution in [0.1, 0.15) is 37.8 Å². The summed E-state index contributed by atoms with van der Waals surface area (Å²) in [5.41, 5.74) is 1.31. The van der Waals surface area contributed by atoms with Crippen molar-refractivity contribution in [2.75, 3.05) is 20.1 Å². The highest BCUT2D eigenvalue weighted by atomic mass is 35.5. The number of nitrogens with one attached hydrogen (secondary N) is 1. The van der Waals surface area contributed by atoms with Gasteiger partial charge >= 0.3 is 0 Å². The number of carbonyl (C=O) groups excluding carboxylic acids is 1. The predicted octanol–water partition coefficient (Wildman–Crippen LogP) is 3.25. The quantitative estimate of drug-likeness (QED) is 0.929. The molecule has 1 saturated heterocycles. The Labute approximate surface area is 131 Å². The average Bonchev–Trinajstić information content (AvgIpc) is 3.19. The Kier molecular flexibility index (Phi) is 3.98. The molecule has 1 aliphatic heterocycles. The first kappa shape index (κ1) is 14.9. The van der Waals surface area contributed by atoms with E-state index in [1.54, 1.807) is 0 Å². The van der Waals surface area contributed by atoms with E-state index in [1.807, 2.05) is 36.2 Å². The van der Waals surface area contributed by atoms with Gasteiger partial charge in [-0.3, -0.25) is 4.79 Å². The summed E-state index contributed by atoms with van der Waals surface area (Å²) >= 11 is 6.26. The van der Waals surface area contributed by atoms with Crippen LogP contribution in [0.15, 0.2) is 24.3 Å². The van der Waals surface area contributed by atoms with Crippen LogP contribution >= 0.6 is 11.6 Å². The number of halogens is 1. The molecule has 1 N–H and O–H groups in total. The molecular formula is C17H23ClN2O. The summed E-state index contributed by atoms with van der Waals surface area (Å²) in [5.74, 6) is 0.499. The van der Waals surface area contributed by atoms with Crippen LogP contribution in [0.2, 0.25) is 5.02 Å². The van der Waals surface area contributed by atoms with Gasteiger partial charge in [-0.15, -0.1) is 0 Å². The SMILES string of the molecule is C[C@@H](c1ccccc1Cl)N(C)C(=O)[C@H]1CC12CCNCC2. The molecule has 1 aromatic carbocycles. The van der Waals surface area contributed by atoms with Gasteiger partial charge < -0.3 is 10.2 Å². The van der Waals surface area contributed by atoms with Crippen LogP contribution in [0.4, 0.5) is 0 Å². The highest BCUT2D eigenvalue weighted by Crippen LogP contribution is 2.59. The maximum atomic E-state index is 12.8. The molecule has 1 heterocycles. The van der Waals surface area contributed by atoms with Gasteiger partial charge in [0.25, 0.3) is 0 Å². The minimum Gasteiger partial charge on any atom is -0.339 e. The van der Waals surface area contributed by atoms with Crippen LogP contribution in [-0.4, -0.2) is 30.9 Å². The molecule has 1 saturated carbocycles. The van der Waals surface area contributed by atoms with Crippen molar-refractivity contribution in [2.24, 2.45) is 11.3 Å². The van der Waals surface area contributed by atoms with Crippen molar-refractivity contribution in [3.8, 4) is 0 Å². The Morgan fingerprint density at radius 3 is 2.71 bits per heavy atom. The minimum absolute atomic E-state index is 0.0190. The lowest BCUT2D eigenvalue weighted by molar-refractivity contribution is -0.134. The van der Waals surface area contributed by atoms with Crippen LogP contribution in [-0.2, 0) is 4.79 Å². The Bertz CT molecular complexity index is 539. The van der Waals surface area contributed by atoms with Crippen molar-refractivity contribution < 1.29 is 4.79 Å². The molecule has 3 nitrogen and oxygen atoms in total. The van der Waals surface area contributed by atoms with Gasteiger partial charge in [-0.05, 0) is 56.3 Å². The molecule has 1 spiro atoms. The van der Waals surface area contributed by atoms with E-state index in [1.165, 1.54) is 0 Å². The number of carbonyl (C=O) groups is 1. The van der Waals surface area contributed by atoms with Gasteiger partial charge in [-0.25, -0.2) is 0 Å². The second-order valence-electron chi connectivity index (χ2n) is 6.52. The van der Waals surface area contributed by atoms with Gasteiger partial charge in [0, 0.05) is 18.0 Å². The van der Waals surface area contributed by atoms with Crippen LogP contribution in [0.3, 0.4) is 0 Å². The normalized spacial score (nSPS) is 24.6. The number of amides is 1. The molecule has 2 fully saturated rings. The number of benzene rings is 1. The lowest BCUT2D eigenvalue weighted by atomic mass is 9.91. The van der Waals surface area contributed by atoms with Gasteiger partial charge in [0.1, 0.15) is 0 Å². The topological polar surface area (TPSA) is 32.3 Å². The molecule has 1 aromatic rings. The number of rotatable bonds is 3. The number of nitrogens with zero attached hydrogens (tertiary/aromatic N) is 1. The first-order valence-electron chi connectivity index (χ1n) is 7.77. The second-order valence-corrected chi connectivity index (χ2v) is 6.92. The lowest BCUT2D eigenvalue weighted by Crippen LogP contribution is -2.35. The first-order chi connectivity index (χ1) is 10.1. The number of piperidine rings is 1. The summed E-state index contributed by atoms with van der Waals surface area (Å²) in [6.45, 7) is 4.15. The largest absolute Gasteiger partial charge is 0.339 e. The molecule has 0 bridgehead atoms. The molecule has 0 radical (unpaired) electrons. The fourth-order valence-electron chi connectivity index (χ4n) is 3.63. The van der Waals surface area contributed by atoms with E-state index in [-0.39, 0.29) is 23.3 Å². The Morgan fingerprint density at radius 1 is 1.38 bits per heavy atom. The van der Waals surface area contributed by atoms with Gasteiger partial charge in [-0.1, -0.05) is 29.8 Å². The van der Waals surface area contributed by atoms with E-state index in [9.17, 15) is 4.79 Å². The van der Waals surface area contributed by atoms with Gasteiger partial charge in [0.2, 0.25) is 5.91 Å². The van der Waals surface area contributed by atoms with Crippen molar-refractivity contribution in [1.29, 1.82) is 0 Å². The zero-order valence-corrected chi connectivity index (χ0v) is 13.5. The predicted molar refractivity (Wildman–Crippen MR) is 85.3 cm³/mol. The van der Waals surface area contributed by atoms with Crippen molar-refractivity contribution >= 4 is 17.5 Å². The van der Waals surface area contributed by atoms with Crippen LogP contribution in [0, 0.1) is 11.3 Å². The Morgan fingerprint density at radius 2 is 2.05 bits per heavy atom. The Hall–Kier alpha value is -1.06. The van der Waals surface area contributed by atoms with E-state index in [4.69, 9.17) is 11.6 Å². The van der Waals surface area contributed by atoms with E-state index in [2.05, 4.69) is 12.2 Å². The van der Waals surface area contributed by atoms with Crippen molar-refractivity contribution in [2.45, 2.75) is 32.2 Å². The summed E-state index contributed by atoms with van der Waals surface area (Å²) in [7, 11) is 1.91. The minimum atomic E-state index is 0.0190. The van der Waals surface area contributed by atoms with Gasteiger partial charge in [-0.2, -0.15) is 0 Å². The molecule has 1 aliphatic carbocycles. The third-order valence-corrected chi connectivity index (χ3v) is 5.72.